The Kier molecular flexibility index (Phi) is 5.12. The minimum atomic E-state index is -0.252. The van der Waals surface area contributed by atoms with Crippen molar-refractivity contribution in [3.63, 3.8) is 0 Å². The molecule has 2 heterocycles. The van der Waals surface area contributed by atoms with Crippen molar-refractivity contribution in [1.29, 1.82) is 0 Å². The van der Waals surface area contributed by atoms with Crippen LogP contribution in [0.1, 0.15) is 49.6 Å². The first kappa shape index (κ1) is 20.6. The maximum atomic E-state index is 13.9. The van der Waals surface area contributed by atoms with Crippen LogP contribution in [-0.4, -0.2) is 33.9 Å². The van der Waals surface area contributed by atoms with Gasteiger partial charge in [-0.1, -0.05) is 42.0 Å². The zero-order chi connectivity index (χ0) is 22.4. The topological polar surface area (TPSA) is 45.6 Å². The van der Waals surface area contributed by atoms with Crippen LogP contribution in [0.2, 0.25) is 0 Å². The van der Waals surface area contributed by atoms with E-state index in [4.69, 9.17) is 0 Å². The number of carbonyl (C=O) groups is 2. The summed E-state index contributed by atoms with van der Waals surface area (Å²) in [5.74, 6) is 0.136. The fraction of sp³-hybridized carbons (Fsp3) is 0.333. The molecule has 1 saturated carbocycles. The van der Waals surface area contributed by atoms with Crippen molar-refractivity contribution < 1.29 is 9.59 Å². The first-order valence-corrected chi connectivity index (χ1v) is 11.4. The molecule has 1 unspecified atom stereocenters. The Morgan fingerprint density at radius 3 is 2.44 bits per heavy atom. The Morgan fingerprint density at radius 2 is 1.75 bits per heavy atom. The summed E-state index contributed by atoms with van der Waals surface area (Å²) in [6.45, 7) is 6.13. The number of nitrogens with zero attached hydrogens (tertiary/aromatic N) is 3. The second-order valence-corrected chi connectivity index (χ2v) is 9.21. The summed E-state index contributed by atoms with van der Waals surface area (Å²) in [7, 11) is 0. The summed E-state index contributed by atoms with van der Waals surface area (Å²) in [5, 5.41) is 0. The third-order valence-electron chi connectivity index (χ3n) is 6.48. The highest BCUT2D eigenvalue weighted by molar-refractivity contribution is 6.00. The Balaban J connectivity index is 1.60. The van der Waals surface area contributed by atoms with E-state index in [0.29, 0.717) is 0 Å². The van der Waals surface area contributed by atoms with Gasteiger partial charge in [-0.3, -0.25) is 14.5 Å². The van der Waals surface area contributed by atoms with Crippen LogP contribution in [0.3, 0.4) is 0 Å². The van der Waals surface area contributed by atoms with Gasteiger partial charge >= 0.3 is 0 Å². The van der Waals surface area contributed by atoms with Gasteiger partial charge < -0.3 is 9.47 Å². The molecule has 2 amide bonds. The third kappa shape index (κ3) is 3.52. The number of amides is 2. The van der Waals surface area contributed by atoms with Crippen molar-refractivity contribution in [2.24, 2.45) is 5.92 Å². The highest BCUT2D eigenvalue weighted by Gasteiger charge is 2.39. The zero-order valence-corrected chi connectivity index (χ0v) is 18.9. The lowest BCUT2D eigenvalue weighted by Gasteiger charge is -2.40. The number of anilines is 1. The SMILES string of the molecule is Cc1cccc(C2c3cccn3-c3ccccc3N2C(=O)CN(C(=O)C2CC2)C(C)C)c1. The third-order valence-corrected chi connectivity index (χ3v) is 6.48. The van der Waals surface area contributed by atoms with Crippen molar-refractivity contribution in [3.05, 3.63) is 83.7 Å². The monoisotopic (exact) mass is 427 g/mol. The molecule has 0 radical (unpaired) electrons. The van der Waals surface area contributed by atoms with Gasteiger partial charge in [-0.05, 0) is 63.4 Å². The molecule has 1 atom stereocenters. The molecule has 0 saturated heterocycles. The number of carbonyl (C=O) groups excluding carboxylic acids is 2. The summed E-state index contributed by atoms with van der Waals surface area (Å²) < 4.78 is 2.17. The summed E-state index contributed by atoms with van der Waals surface area (Å²) in [6.07, 6.45) is 3.92. The van der Waals surface area contributed by atoms with Gasteiger partial charge in [-0.25, -0.2) is 0 Å². The predicted molar refractivity (Wildman–Crippen MR) is 126 cm³/mol. The normalized spacial score (nSPS) is 17.1. The maximum Gasteiger partial charge on any atom is 0.247 e. The Bertz CT molecular complexity index is 1170. The summed E-state index contributed by atoms with van der Waals surface area (Å²) >= 11 is 0. The van der Waals surface area contributed by atoms with E-state index in [9.17, 15) is 9.59 Å². The Hall–Kier alpha value is -3.34. The van der Waals surface area contributed by atoms with Gasteiger partial charge in [0.25, 0.3) is 0 Å². The average Bonchev–Trinajstić information content (AvgIpc) is 3.52. The Labute approximate surface area is 189 Å². The summed E-state index contributed by atoms with van der Waals surface area (Å²) in [5.41, 5.74) is 5.12. The largest absolute Gasteiger partial charge is 0.331 e. The van der Waals surface area contributed by atoms with Crippen LogP contribution in [0.15, 0.2) is 66.9 Å². The average molecular weight is 428 g/mol. The smallest absolute Gasteiger partial charge is 0.247 e. The van der Waals surface area contributed by atoms with E-state index in [-0.39, 0.29) is 36.4 Å². The molecular formula is C27H29N3O2. The molecule has 1 aliphatic heterocycles. The van der Waals surface area contributed by atoms with Crippen LogP contribution in [-0.2, 0) is 9.59 Å². The number of para-hydroxylation sites is 2. The maximum absolute atomic E-state index is 13.9. The molecule has 0 bridgehead atoms. The lowest BCUT2D eigenvalue weighted by atomic mass is 9.96. The van der Waals surface area contributed by atoms with Crippen LogP contribution in [0, 0.1) is 12.8 Å². The van der Waals surface area contributed by atoms with Crippen molar-refractivity contribution >= 4 is 17.5 Å². The van der Waals surface area contributed by atoms with Crippen molar-refractivity contribution in [2.75, 3.05) is 11.4 Å². The molecule has 5 heteroatoms. The van der Waals surface area contributed by atoms with Crippen LogP contribution in [0.5, 0.6) is 0 Å². The van der Waals surface area contributed by atoms with E-state index < -0.39 is 0 Å². The molecule has 1 aromatic heterocycles. The molecule has 164 valence electrons. The molecule has 2 aromatic carbocycles. The highest BCUT2D eigenvalue weighted by Crippen LogP contribution is 2.42. The number of benzene rings is 2. The molecule has 2 aliphatic rings. The van der Waals surface area contributed by atoms with Crippen molar-refractivity contribution in [1.82, 2.24) is 9.47 Å². The van der Waals surface area contributed by atoms with Gasteiger partial charge in [0.1, 0.15) is 12.6 Å². The second kappa shape index (κ2) is 7.97. The minimum Gasteiger partial charge on any atom is -0.331 e. The van der Waals surface area contributed by atoms with Crippen molar-refractivity contribution in [3.8, 4) is 5.69 Å². The van der Waals surface area contributed by atoms with Gasteiger partial charge in [-0.2, -0.15) is 0 Å². The number of rotatable bonds is 5. The van der Waals surface area contributed by atoms with Crippen LogP contribution < -0.4 is 4.90 Å². The summed E-state index contributed by atoms with van der Waals surface area (Å²) in [6, 6.07) is 20.2. The number of hydrogen-bond donors (Lipinski definition) is 0. The van der Waals surface area contributed by atoms with E-state index in [0.717, 1.165) is 41.0 Å². The lowest BCUT2D eigenvalue weighted by Crippen LogP contribution is -2.49. The van der Waals surface area contributed by atoms with E-state index in [1.165, 1.54) is 0 Å². The quantitative estimate of drug-likeness (QED) is 0.583. The standard InChI is InChI=1S/C27H29N3O2/c1-18(2)29(27(32)20-13-14-20)17-25(31)30-23-11-5-4-10-22(23)28-15-7-12-24(28)26(30)21-9-6-8-19(3)16-21/h4-12,15-16,18,20,26H,13-14,17H2,1-3H3. The molecule has 3 aromatic rings. The van der Waals surface area contributed by atoms with Crippen LogP contribution in [0.25, 0.3) is 5.69 Å². The van der Waals surface area contributed by atoms with E-state index in [2.05, 4.69) is 42.0 Å². The van der Waals surface area contributed by atoms with E-state index >= 15 is 0 Å². The molecule has 5 nitrogen and oxygen atoms in total. The number of fused-ring (bicyclic) bond motifs is 3. The van der Waals surface area contributed by atoms with Crippen LogP contribution >= 0.6 is 0 Å². The predicted octanol–water partition coefficient (Wildman–Crippen LogP) is 4.87. The van der Waals surface area contributed by atoms with Crippen molar-refractivity contribution in [2.45, 2.75) is 45.7 Å². The molecule has 0 spiro atoms. The number of aromatic nitrogens is 1. The van der Waals surface area contributed by atoms with Gasteiger partial charge in [0.05, 0.1) is 17.1 Å². The highest BCUT2D eigenvalue weighted by atomic mass is 16.2. The minimum absolute atomic E-state index is 0.0200. The van der Waals surface area contributed by atoms with Gasteiger partial charge in [0, 0.05) is 18.2 Å². The lowest BCUT2D eigenvalue weighted by molar-refractivity contribution is -0.138. The molecule has 32 heavy (non-hydrogen) atoms. The fourth-order valence-corrected chi connectivity index (χ4v) is 4.72. The first-order chi connectivity index (χ1) is 15.5. The van der Waals surface area contributed by atoms with Gasteiger partial charge in [0.15, 0.2) is 0 Å². The number of aryl methyl sites for hydroxylation is 1. The fourth-order valence-electron chi connectivity index (χ4n) is 4.72. The molecule has 1 aliphatic carbocycles. The van der Waals surface area contributed by atoms with E-state index in [1.807, 2.05) is 55.1 Å². The first-order valence-electron chi connectivity index (χ1n) is 11.4. The molecule has 1 fully saturated rings. The molecule has 5 rings (SSSR count). The second-order valence-electron chi connectivity index (χ2n) is 9.21. The number of hydrogen-bond acceptors (Lipinski definition) is 2. The van der Waals surface area contributed by atoms with Gasteiger partial charge in [-0.15, -0.1) is 0 Å². The van der Waals surface area contributed by atoms with E-state index in [1.54, 1.807) is 4.90 Å². The zero-order valence-electron chi connectivity index (χ0n) is 18.9. The molecular weight excluding hydrogens is 398 g/mol. The van der Waals surface area contributed by atoms with Gasteiger partial charge in [0.2, 0.25) is 11.8 Å². The van der Waals surface area contributed by atoms with Crippen LogP contribution in [0.4, 0.5) is 5.69 Å². The Morgan fingerprint density at radius 1 is 1.00 bits per heavy atom. The molecule has 0 N–H and O–H groups in total. The summed E-state index contributed by atoms with van der Waals surface area (Å²) in [4.78, 5) is 30.5.